The van der Waals surface area contributed by atoms with Gasteiger partial charge in [-0.25, -0.2) is 13.9 Å². The number of hydrogen-bond donors (Lipinski definition) is 0. The molecule has 4 heterocycles. The van der Waals surface area contributed by atoms with E-state index in [1.807, 2.05) is 0 Å². The van der Waals surface area contributed by atoms with Crippen LogP contribution in [0, 0.1) is 5.82 Å². The largest absolute Gasteiger partial charge is 0.463 e. The highest BCUT2D eigenvalue weighted by Crippen LogP contribution is 2.36. The number of fused-ring (bicyclic) bond motifs is 1. The predicted octanol–water partition coefficient (Wildman–Crippen LogP) is 5.12. The van der Waals surface area contributed by atoms with Crippen LogP contribution in [-0.2, 0) is 6.18 Å². The molecule has 0 radical (unpaired) electrons. The number of nitrogens with zero attached hydrogens (tertiary/aromatic N) is 4. The summed E-state index contributed by atoms with van der Waals surface area (Å²) in [5.41, 5.74) is -0.788. The van der Waals surface area contributed by atoms with Crippen LogP contribution < -0.4 is 0 Å². The first-order chi connectivity index (χ1) is 15.3. The number of aromatic nitrogens is 3. The molecule has 0 aliphatic carbocycles. The summed E-state index contributed by atoms with van der Waals surface area (Å²) in [6.45, 7) is 0.390. The number of rotatable bonds is 3. The Morgan fingerprint density at radius 3 is 2.72 bits per heavy atom. The standard InChI is InChI=1S/C22H16F4N4O2/c23-14-5-1-4-13(10-14)17-6-2-8-29(17)21(31)15-12-27-30-19(22(24,25)26)11-16(28-20(15)30)18-7-3-9-32-18/h1,3-5,7,9-12,17H,2,6,8H2/t17-/m0/s1. The zero-order valence-corrected chi connectivity index (χ0v) is 16.5. The quantitative estimate of drug-likeness (QED) is 0.411. The Hall–Kier alpha value is -3.69. The maximum Gasteiger partial charge on any atom is 0.433 e. The van der Waals surface area contributed by atoms with Crippen LogP contribution in [0.4, 0.5) is 17.6 Å². The Morgan fingerprint density at radius 2 is 2.00 bits per heavy atom. The number of carbonyl (C=O) groups excluding carboxylic acids is 1. The van der Waals surface area contributed by atoms with E-state index >= 15 is 0 Å². The van der Waals surface area contributed by atoms with E-state index in [0.29, 0.717) is 29.5 Å². The van der Waals surface area contributed by atoms with Crippen LogP contribution in [0.25, 0.3) is 17.1 Å². The number of alkyl halides is 3. The molecular weight excluding hydrogens is 428 g/mol. The van der Waals surface area contributed by atoms with Gasteiger partial charge in [-0.3, -0.25) is 4.79 Å². The molecule has 1 aliphatic heterocycles. The maximum absolute atomic E-state index is 13.7. The minimum Gasteiger partial charge on any atom is -0.463 e. The van der Waals surface area contributed by atoms with E-state index < -0.39 is 23.6 Å². The second-order valence-corrected chi connectivity index (χ2v) is 7.51. The van der Waals surface area contributed by atoms with Gasteiger partial charge in [0.2, 0.25) is 0 Å². The van der Waals surface area contributed by atoms with E-state index in [0.717, 1.165) is 12.3 Å². The van der Waals surface area contributed by atoms with Crippen molar-refractivity contribution in [3.63, 3.8) is 0 Å². The summed E-state index contributed by atoms with van der Waals surface area (Å²) in [6.07, 6.45) is -1.01. The van der Waals surface area contributed by atoms with Crippen LogP contribution in [0.5, 0.6) is 0 Å². The molecule has 5 rings (SSSR count). The highest BCUT2D eigenvalue weighted by atomic mass is 19.4. The number of amides is 1. The van der Waals surface area contributed by atoms with Gasteiger partial charge in [0.1, 0.15) is 17.1 Å². The molecule has 1 aliphatic rings. The first-order valence-corrected chi connectivity index (χ1v) is 9.89. The molecule has 10 heteroatoms. The topological polar surface area (TPSA) is 63.6 Å². The van der Waals surface area contributed by atoms with Crippen LogP contribution in [0.1, 0.15) is 40.5 Å². The Labute approximate surface area is 179 Å². The minimum absolute atomic E-state index is 0.0625. The van der Waals surface area contributed by atoms with Crippen LogP contribution in [0.2, 0.25) is 0 Å². The molecule has 0 saturated carbocycles. The highest BCUT2D eigenvalue weighted by Gasteiger charge is 2.38. The lowest BCUT2D eigenvalue weighted by molar-refractivity contribution is -0.142. The molecule has 0 spiro atoms. The molecule has 4 aromatic rings. The average molecular weight is 444 g/mol. The molecule has 1 atom stereocenters. The molecule has 1 saturated heterocycles. The van der Waals surface area contributed by atoms with E-state index in [1.54, 1.807) is 12.1 Å². The van der Waals surface area contributed by atoms with Crippen molar-refractivity contribution in [1.29, 1.82) is 0 Å². The van der Waals surface area contributed by atoms with Gasteiger partial charge in [-0.2, -0.15) is 18.3 Å². The molecule has 0 bridgehead atoms. The fourth-order valence-electron chi connectivity index (χ4n) is 4.09. The second-order valence-electron chi connectivity index (χ2n) is 7.51. The predicted molar refractivity (Wildman–Crippen MR) is 105 cm³/mol. The fourth-order valence-corrected chi connectivity index (χ4v) is 4.09. The lowest BCUT2D eigenvalue weighted by Crippen LogP contribution is -2.30. The lowest BCUT2D eigenvalue weighted by atomic mass is 10.0. The van der Waals surface area contributed by atoms with Crippen molar-refractivity contribution in [2.24, 2.45) is 0 Å². The fraction of sp³-hybridized carbons (Fsp3) is 0.227. The zero-order chi connectivity index (χ0) is 22.5. The van der Waals surface area contributed by atoms with Crippen LogP contribution in [0.15, 0.2) is 59.3 Å². The molecule has 3 aromatic heterocycles. The lowest BCUT2D eigenvalue weighted by Gasteiger charge is -2.24. The molecule has 6 nitrogen and oxygen atoms in total. The third-order valence-electron chi connectivity index (χ3n) is 5.51. The van der Waals surface area contributed by atoms with Gasteiger partial charge in [0, 0.05) is 6.54 Å². The summed E-state index contributed by atoms with van der Waals surface area (Å²) in [4.78, 5) is 19.2. The number of likely N-dealkylation sites (tertiary alicyclic amines) is 1. The first kappa shape index (κ1) is 20.2. The summed E-state index contributed by atoms with van der Waals surface area (Å²) >= 11 is 0. The summed E-state index contributed by atoms with van der Waals surface area (Å²) in [5.74, 6) is -0.794. The van der Waals surface area contributed by atoms with Crippen molar-refractivity contribution in [2.45, 2.75) is 25.1 Å². The van der Waals surface area contributed by atoms with Crippen LogP contribution >= 0.6 is 0 Å². The van der Waals surface area contributed by atoms with Gasteiger partial charge >= 0.3 is 6.18 Å². The van der Waals surface area contributed by atoms with Gasteiger partial charge < -0.3 is 9.32 Å². The van der Waals surface area contributed by atoms with E-state index in [4.69, 9.17) is 4.42 Å². The smallest absolute Gasteiger partial charge is 0.433 e. The van der Waals surface area contributed by atoms with Crippen LogP contribution in [-0.4, -0.2) is 31.9 Å². The van der Waals surface area contributed by atoms with Gasteiger partial charge in [-0.15, -0.1) is 0 Å². The maximum atomic E-state index is 13.7. The van der Waals surface area contributed by atoms with Crippen molar-refractivity contribution in [2.75, 3.05) is 6.54 Å². The third kappa shape index (κ3) is 3.41. The highest BCUT2D eigenvalue weighted by molar-refractivity contribution is 6.00. The van der Waals surface area contributed by atoms with Gasteiger partial charge in [-0.1, -0.05) is 12.1 Å². The number of benzene rings is 1. The third-order valence-corrected chi connectivity index (χ3v) is 5.51. The van der Waals surface area contributed by atoms with Crippen molar-refractivity contribution in [3.05, 3.63) is 77.6 Å². The molecular formula is C22H16F4N4O2. The summed E-state index contributed by atoms with van der Waals surface area (Å²) in [5, 5.41) is 3.81. The average Bonchev–Trinajstić information content (AvgIpc) is 3.52. The molecule has 1 aromatic carbocycles. The van der Waals surface area contributed by atoms with E-state index in [1.165, 1.54) is 35.4 Å². The number of hydrogen-bond acceptors (Lipinski definition) is 4. The monoisotopic (exact) mass is 444 g/mol. The Balaban J connectivity index is 1.61. The zero-order valence-electron chi connectivity index (χ0n) is 16.5. The molecule has 0 N–H and O–H groups in total. The molecule has 1 fully saturated rings. The van der Waals surface area contributed by atoms with Crippen molar-refractivity contribution in [1.82, 2.24) is 19.5 Å². The first-order valence-electron chi connectivity index (χ1n) is 9.89. The van der Waals surface area contributed by atoms with E-state index in [2.05, 4.69) is 10.1 Å². The van der Waals surface area contributed by atoms with Gasteiger partial charge in [0.05, 0.1) is 18.5 Å². The SMILES string of the molecule is O=C(c1cnn2c(C(F)(F)F)cc(-c3ccco3)nc12)N1CCC[C@H]1c1cccc(F)c1. The van der Waals surface area contributed by atoms with Gasteiger partial charge in [-0.05, 0) is 48.7 Å². The summed E-state index contributed by atoms with van der Waals surface area (Å²) in [7, 11) is 0. The van der Waals surface area contributed by atoms with Gasteiger partial charge in [0.15, 0.2) is 17.1 Å². The molecule has 164 valence electrons. The normalized spacial score (nSPS) is 16.8. The Kier molecular flexibility index (Phi) is 4.72. The Morgan fingerprint density at radius 1 is 1.16 bits per heavy atom. The number of furan rings is 1. The molecule has 0 unspecified atom stereocenters. The molecule has 1 amide bonds. The number of carbonyl (C=O) groups is 1. The Bertz CT molecular complexity index is 1300. The summed E-state index contributed by atoms with van der Waals surface area (Å²) < 4.78 is 60.7. The van der Waals surface area contributed by atoms with Crippen molar-refractivity contribution < 1.29 is 26.8 Å². The number of halogens is 4. The second kappa shape index (κ2) is 7.47. The molecule has 32 heavy (non-hydrogen) atoms. The van der Waals surface area contributed by atoms with E-state index in [9.17, 15) is 22.4 Å². The summed E-state index contributed by atoms with van der Waals surface area (Å²) in [6, 6.07) is 9.43. The van der Waals surface area contributed by atoms with Crippen LogP contribution in [0.3, 0.4) is 0 Å². The van der Waals surface area contributed by atoms with Gasteiger partial charge in [0.25, 0.3) is 5.91 Å². The minimum atomic E-state index is -4.73. The van der Waals surface area contributed by atoms with Crippen molar-refractivity contribution >= 4 is 11.6 Å². The van der Waals surface area contributed by atoms with Crippen molar-refractivity contribution in [3.8, 4) is 11.5 Å². The van der Waals surface area contributed by atoms with E-state index in [-0.39, 0.29) is 28.7 Å².